The van der Waals surface area contributed by atoms with Crippen LogP contribution in [0.15, 0.2) is 65.1 Å². The van der Waals surface area contributed by atoms with Crippen molar-refractivity contribution < 1.29 is 14.1 Å². The first kappa shape index (κ1) is 21.1. The normalized spacial score (nSPS) is 10.7. The van der Waals surface area contributed by atoms with E-state index in [1.807, 2.05) is 50.2 Å². The molecular formula is C23H18N4O4S. The second kappa shape index (κ2) is 8.56. The number of rotatable bonds is 4. The number of carbonyl (C=O) groups excluding carboxylic acids is 1. The lowest BCUT2D eigenvalue weighted by Crippen LogP contribution is -2.34. The van der Waals surface area contributed by atoms with E-state index >= 15 is 0 Å². The fourth-order valence-electron chi connectivity index (χ4n) is 3.14. The maximum atomic E-state index is 12.4. The molecule has 0 aliphatic carbocycles. The van der Waals surface area contributed by atoms with Gasteiger partial charge in [0.15, 0.2) is 10.7 Å². The maximum absolute atomic E-state index is 12.4. The van der Waals surface area contributed by atoms with Crippen LogP contribution in [0.3, 0.4) is 0 Å². The van der Waals surface area contributed by atoms with Gasteiger partial charge in [-0.2, -0.15) is 0 Å². The number of thiocarbonyl (C=S) groups is 1. The molecule has 0 spiro atoms. The first-order chi connectivity index (χ1) is 15.3. The van der Waals surface area contributed by atoms with Crippen molar-refractivity contribution in [2.45, 2.75) is 13.8 Å². The van der Waals surface area contributed by atoms with E-state index in [-0.39, 0.29) is 16.4 Å². The van der Waals surface area contributed by atoms with Gasteiger partial charge in [0.1, 0.15) is 5.52 Å². The third kappa shape index (κ3) is 4.47. The molecule has 0 aliphatic rings. The Bertz CT molecular complexity index is 1380. The Morgan fingerprint density at radius 1 is 1.09 bits per heavy atom. The molecule has 32 heavy (non-hydrogen) atoms. The van der Waals surface area contributed by atoms with Gasteiger partial charge in [-0.05, 0) is 67.5 Å². The van der Waals surface area contributed by atoms with Gasteiger partial charge in [0.2, 0.25) is 5.89 Å². The minimum Gasteiger partial charge on any atom is -0.436 e. The summed E-state index contributed by atoms with van der Waals surface area (Å²) in [6.07, 6.45) is 0. The van der Waals surface area contributed by atoms with Crippen LogP contribution >= 0.6 is 12.2 Å². The number of hydrogen-bond donors (Lipinski definition) is 2. The standard InChI is InChI=1S/C23H18N4O4S/c1-13-6-9-20-19(10-13)24-22(31-20)16-8-7-14(2)18(12-16)25-23(32)26-21(28)15-4-3-5-17(11-15)27(29)30/h3-12H,1-2H3,(H2,25,26,28,32). The summed E-state index contributed by atoms with van der Waals surface area (Å²) in [5.41, 5.74) is 4.84. The number of carbonyl (C=O) groups is 1. The van der Waals surface area contributed by atoms with Crippen molar-refractivity contribution in [3.63, 3.8) is 0 Å². The largest absolute Gasteiger partial charge is 0.436 e. The Kier molecular flexibility index (Phi) is 5.65. The second-order valence-electron chi connectivity index (χ2n) is 7.24. The maximum Gasteiger partial charge on any atom is 0.270 e. The van der Waals surface area contributed by atoms with Crippen LogP contribution < -0.4 is 10.6 Å². The predicted octanol–water partition coefficient (Wildman–Crippen LogP) is 5.15. The van der Waals surface area contributed by atoms with Crippen LogP contribution in [0.5, 0.6) is 0 Å². The molecule has 1 aromatic heterocycles. The molecular weight excluding hydrogens is 428 g/mol. The molecule has 0 aliphatic heterocycles. The molecule has 0 fully saturated rings. The Morgan fingerprint density at radius 2 is 1.91 bits per heavy atom. The summed E-state index contributed by atoms with van der Waals surface area (Å²) >= 11 is 5.27. The topological polar surface area (TPSA) is 110 Å². The minimum absolute atomic E-state index is 0.0648. The number of nitrogens with zero attached hydrogens (tertiary/aromatic N) is 2. The first-order valence-electron chi connectivity index (χ1n) is 9.65. The summed E-state index contributed by atoms with van der Waals surface area (Å²) in [4.78, 5) is 27.3. The van der Waals surface area contributed by atoms with Gasteiger partial charge in [0, 0.05) is 28.9 Å². The van der Waals surface area contributed by atoms with Crippen molar-refractivity contribution in [1.82, 2.24) is 10.3 Å². The Morgan fingerprint density at radius 3 is 2.69 bits per heavy atom. The molecule has 9 heteroatoms. The third-order valence-corrected chi connectivity index (χ3v) is 5.03. The van der Waals surface area contributed by atoms with Crippen LogP contribution in [-0.2, 0) is 0 Å². The number of hydrogen-bond acceptors (Lipinski definition) is 6. The molecule has 3 aromatic carbocycles. The lowest BCUT2D eigenvalue weighted by Gasteiger charge is -2.12. The van der Waals surface area contributed by atoms with E-state index in [9.17, 15) is 14.9 Å². The summed E-state index contributed by atoms with van der Waals surface area (Å²) in [6, 6.07) is 16.8. The number of nitrogens with one attached hydrogen (secondary N) is 2. The molecule has 2 N–H and O–H groups in total. The van der Waals surface area contributed by atoms with Gasteiger partial charge in [-0.3, -0.25) is 20.2 Å². The number of non-ortho nitro benzene ring substituents is 1. The summed E-state index contributed by atoms with van der Waals surface area (Å²) < 4.78 is 5.87. The van der Waals surface area contributed by atoms with Gasteiger partial charge in [-0.15, -0.1) is 0 Å². The summed E-state index contributed by atoms with van der Waals surface area (Å²) in [6.45, 7) is 3.89. The number of anilines is 1. The zero-order valence-corrected chi connectivity index (χ0v) is 18.0. The van der Waals surface area contributed by atoms with Crippen molar-refractivity contribution in [2.24, 2.45) is 0 Å². The fraction of sp³-hybridized carbons (Fsp3) is 0.0870. The number of oxazole rings is 1. The van der Waals surface area contributed by atoms with E-state index in [0.29, 0.717) is 17.2 Å². The predicted molar refractivity (Wildman–Crippen MR) is 126 cm³/mol. The second-order valence-corrected chi connectivity index (χ2v) is 7.64. The van der Waals surface area contributed by atoms with Gasteiger partial charge in [-0.1, -0.05) is 18.2 Å². The number of fused-ring (bicyclic) bond motifs is 1. The SMILES string of the molecule is Cc1ccc2oc(-c3ccc(C)c(NC(=S)NC(=O)c4cccc([N+](=O)[O-])c4)c3)nc2c1. The highest BCUT2D eigenvalue weighted by Crippen LogP contribution is 2.28. The highest BCUT2D eigenvalue weighted by molar-refractivity contribution is 7.80. The van der Waals surface area contributed by atoms with Gasteiger partial charge in [0.25, 0.3) is 11.6 Å². The molecule has 8 nitrogen and oxygen atoms in total. The lowest BCUT2D eigenvalue weighted by atomic mass is 10.1. The molecule has 0 bridgehead atoms. The summed E-state index contributed by atoms with van der Waals surface area (Å²) in [5.74, 6) is -0.0745. The van der Waals surface area contributed by atoms with Gasteiger partial charge < -0.3 is 9.73 Å². The van der Waals surface area contributed by atoms with Crippen molar-refractivity contribution in [1.29, 1.82) is 0 Å². The van der Waals surface area contributed by atoms with Gasteiger partial charge in [-0.25, -0.2) is 4.98 Å². The van der Waals surface area contributed by atoms with E-state index in [4.69, 9.17) is 16.6 Å². The molecule has 4 aromatic rings. The van der Waals surface area contributed by atoms with Crippen molar-refractivity contribution >= 4 is 45.7 Å². The number of amides is 1. The number of aryl methyl sites for hydroxylation is 2. The minimum atomic E-state index is -0.560. The van der Waals surface area contributed by atoms with Crippen molar-refractivity contribution in [3.05, 3.63) is 87.5 Å². The monoisotopic (exact) mass is 446 g/mol. The smallest absolute Gasteiger partial charge is 0.270 e. The molecule has 1 amide bonds. The molecule has 160 valence electrons. The zero-order chi connectivity index (χ0) is 22.8. The molecule has 0 saturated heterocycles. The molecule has 0 atom stereocenters. The third-order valence-electron chi connectivity index (χ3n) is 4.82. The number of aromatic nitrogens is 1. The fourth-order valence-corrected chi connectivity index (χ4v) is 3.34. The number of benzene rings is 3. The van der Waals surface area contributed by atoms with E-state index in [0.717, 1.165) is 22.2 Å². The molecule has 0 unspecified atom stereocenters. The van der Waals surface area contributed by atoms with E-state index < -0.39 is 10.8 Å². The van der Waals surface area contributed by atoms with Crippen molar-refractivity contribution in [3.8, 4) is 11.5 Å². The van der Waals surface area contributed by atoms with Crippen LogP contribution in [0, 0.1) is 24.0 Å². The lowest BCUT2D eigenvalue weighted by molar-refractivity contribution is -0.384. The first-order valence-corrected chi connectivity index (χ1v) is 10.1. The highest BCUT2D eigenvalue weighted by atomic mass is 32.1. The van der Waals surface area contributed by atoms with E-state index in [2.05, 4.69) is 15.6 Å². The number of nitro groups is 1. The van der Waals surface area contributed by atoms with Crippen LogP contribution in [-0.4, -0.2) is 20.9 Å². The summed E-state index contributed by atoms with van der Waals surface area (Å²) in [7, 11) is 0. The molecule has 1 heterocycles. The van der Waals surface area contributed by atoms with Crippen molar-refractivity contribution in [2.75, 3.05) is 5.32 Å². The average molecular weight is 446 g/mol. The van der Waals surface area contributed by atoms with Crippen LogP contribution in [0.1, 0.15) is 21.5 Å². The molecule has 4 rings (SSSR count). The quantitative estimate of drug-likeness (QED) is 0.253. The van der Waals surface area contributed by atoms with Crippen LogP contribution in [0.4, 0.5) is 11.4 Å². The van der Waals surface area contributed by atoms with Gasteiger partial charge >= 0.3 is 0 Å². The highest BCUT2D eigenvalue weighted by Gasteiger charge is 2.14. The molecule has 0 saturated carbocycles. The van der Waals surface area contributed by atoms with E-state index in [1.54, 1.807) is 0 Å². The number of nitro benzene ring substituents is 1. The molecule has 0 radical (unpaired) electrons. The zero-order valence-electron chi connectivity index (χ0n) is 17.2. The Balaban J connectivity index is 1.52. The van der Waals surface area contributed by atoms with E-state index in [1.165, 1.54) is 24.3 Å². The Hall–Kier alpha value is -4.11. The Labute approximate surface area is 188 Å². The van der Waals surface area contributed by atoms with Crippen LogP contribution in [0.25, 0.3) is 22.6 Å². The summed E-state index contributed by atoms with van der Waals surface area (Å²) in [5, 5.41) is 16.5. The van der Waals surface area contributed by atoms with Crippen LogP contribution in [0.2, 0.25) is 0 Å². The average Bonchev–Trinajstić information content (AvgIpc) is 3.18. The van der Waals surface area contributed by atoms with Gasteiger partial charge in [0.05, 0.1) is 4.92 Å².